The van der Waals surface area contributed by atoms with Gasteiger partial charge in [0.05, 0.1) is 4.47 Å². The van der Waals surface area contributed by atoms with Crippen LogP contribution in [0, 0.1) is 0 Å². The van der Waals surface area contributed by atoms with E-state index in [1.54, 1.807) is 18.0 Å². The minimum Gasteiger partial charge on any atom is -0.354 e. The monoisotopic (exact) mass is 309 g/mol. The van der Waals surface area contributed by atoms with Crippen LogP contribution >= 0.6 is 27.7 Å². The lowest BCUT2D eigenvalue weighted by Gasteiger charge is -2.06. The van der Waals surface area contributed by atoms with E-state index in [-0.39, 0.29) is 0 Å². The van der Waals surface area contributed by atoms with E-state index in [0.717, 1.165) is 20.9 Å². The van der Waals surface area contributed by atoms with Gasteiger partial charge < -0.3 is 5.32 Å². The van der Waals surface area contributed by atoms with Crippen molar-refractivity contribution in [3.63, 3.8) is 0 Å². The highest BCUT2D eigenvalue weighted by Gasteiger charge is 2.06. The topological polar surface area (TPSA) is 37.8 Å². The summed E-state index contributed by atoms with van der Waals surface area (Å²) >= 11 is 5.08. The van der Waals surface area contributed by atoms with Crippen LogP contribution in [0.2, 0.25) is 0 Å². The Morgan fingerprint density at radius 2 is 2.06 bits per heavy atom. The maximum atomic E-state index is 4.45. The molecule has 1 aromatic heterocycles. The molecular formula is C12H12BrN3S. The number of rotatable bonds is 4. The summed E-state index contributed by atoms with van der Waals surface area (Å²) in [4.78, 5) is 9.80. The number of halogens is 1. The Morgan fingerprint density at radius 1 is 1.29 bits per heavy atom. The fourth-order valence-corrected chi connectivity index (χ4v) is 2.50. The zero-order chi connectivity index (χ0) is 12.1. The number of nitrogens with zero attached hydrogens (tertiary/aromatic N) is 2. The van der Waals surface area contributed by atoms with Crippen LogP contribution in [-0.4, -0.2) is 16.5 Å². The van der Waals surface area contributed by atoms with Crippen LogP contribution in [-0.2, 0) is 0 Å². The van der Waals surface area contributed by atoms with E-state index >= 15 is 0 Å². The SMILES string of the molecule is CCNc1ncc(Br)c(Sc2ccccc2)n1. The molecule has 0 aliphatic heterocycles. The van der Waals surface area contributed by atoms with Gasteiger partial charge in [0.2, 0.25) is 5.95 Å². The van der Waals surface area contributed by atoms with E-state index in [2.05, 4.69) is 43.3 Å². The summed E-state index contributed by atoms with van der Waals surface area (Å²) in [5.74, 6) is 0.661. The van der Waals surface area contributed by atoms with Crippen molar-refractivity contribution in [3.05, 3.63) is 41.0 Å². The molecule has 0 spiro atoms. The molecule has 1 aromatic carbocycles. The van der Waals surface area contributed by atoms with Crippen LogP contribution in [0.25, 0.3) is 0 Å². The number of benzene rings is 1. The van der Waals surface area contributed by atoms with Crippen molar-refractivity contribution < 1.29 is 0 Å². The summed E-state index contributed by atoms with van der Waals surface area (Å²) in [6.07, 6.45) is 1.77. The fourth-order valence-electron chi connectivity index (χ4n) is 1.27. The molecule has 0 fully saturated rings. The molecule has 3 nitrogen and oxygen atoms in total. The number of hydrogen-bond donors (Lipinski definition) is 1. The zero-order valence-electron chi connectivity index (χ0n) is 9.35. The predicted molar refractivity (Wildman–Crippen MR) is 74.5 cm³/mol. The van der Waals surface area contributed by atoms with Crippen LogP contribution in [0.4, 0.5) is 5.95 Å². The van der Waals surface area contributed by atoms with Crippen molar-refractivity contribution in [2.45, 2.75) is 16.8 Å². The Balaban J connectivity index is 2.22. The maximum absolute atomic E-state index is 4.45. The fraction of sp³-hybridized carbons (Fsp3) is 0.167. The van der Waals surface area contributed by atoms with Crippen molar-refractivity contribution in [3.8, 4) is 0 Å². The zero-order valence-corrected chi connectivity index (χ0v) is 11.8. The first kappa shape index (κ1) is 12.4. The molecule has 0 amide bonds. The summed E-state index contributed by atoms with van der Waals surface area (Å²) < 4.78 is 0.910. The summed E-state index contributed by atoms with van der Waals surface area (Å²) in [7, 11) is 0. The van der Waals surface area contributed by atoms with Crippen molar-refractivity contribution in [2.24, 2.45) is 0 Å². The third-order valence-corrected chi connectivity index (χ3v) is 3.86. The van der Waals surface area contributed by atoms with Crippen molar-refractivity contribution in [2.75, 3.05) is 11.9 Å². The van der Waals surface area contributed by atoms with Crippen LogP contribution in [0.15, 0.2) is 50.9 Å². The Bertz CT molecular complexity index is 490. The molecule has 0 unspecified atom stereocenters. The van der Waals surface area contributed by atoms with Gasteiger partial charge in [0, 0.05) is 17.6 Å². The summed E-state index contributed by atoms with van der Waals surface area (Å²) in [6, 6.07) is 10.2. The molecule has 0 aliphatic rings. The van der Waals surface area contributed by atoms with E-state index in [1.165, 1.54) is 0 Å². The second-order valence-electron chi connectivity index (χ2n) is 3.29. The lowest BCUT2D eigenvalue weighted by Crippen LogP contribution is -2.02. The molecule has 1 heterocycles. The van der Waals surface area contributed by atoms with Crippen LogP contribution < -0.4 is 5.32 Å². The predicted octanol–water partition coefficient (Wildman–Crippen LogP) is 3.82. The van der Waals surface area contributed by atoms with Crippen LogP contribution in [0.5, 0.6) is 0 Å². The minimum absolute atomic E-state index is 0.661. The third kappa shape index (κ3) is 3.44. The molecule has 1 N–H and O–H groups in total. The van der Waals surface area contributed by atoms with Crippen molar-refractivity contribution in [1.82, 2.24) is 9.97 Å². The highest BCUT2D eigenvalue weighted by molar-refractivity contribution is 9.10. The second kappa shape index (κ2) is 6.02. The average Bonchev–Trinajstić information content (AvgIpc) is 2.35. The first-order valence-corrected chi connectivity index (χ1v) is 6.90. The molecule has 88 valence electrons. The molecule has 0 saturated carbocycles. The first-order valence-electron chi connectivity index (χ1n) is 5.29. The van der Waals surface area contributed by atoms with Gasteiger partial charge >= 0.3 is 0 Å². The number of aromatic nitrogens is 2. The molecule has 2 rings (SSSR count). The molecule has 0 bridgehead atoms. The third-order valence-electron chi connectivity index (χ3n) is 2.00. The molecule has 0 atom stereocenters. The minimum atomic E-state index is 0.661. The smallest absolute Gasteiger partial charge is 0.223 e. The average molecular weight is 310 g/mol. The number of anilines is 1. The Kier molecular flexibility index (Phi) is 4.39. The van der Waals surface area contributed by atoms with Crippen LogP contribution in [0.1, 0.15) is 6.92 Å². The van der Waals surface area contributed by atoms with Gasteiger partial charge in [-0.1, -0.05) is 30.0 Å². The molecule has 5 heteroatoms. The Morgan fingerprint density at radius 3 is 2.76 bits per heavy atom. The van der Waals surface area contributed by atoms with E-state index in [9.17, 15) is 0 Å². The Hall–Kier alpha value is -1.07. The lowest BCUT2D eigenvalue weighted by molar-refractivity contribution is 0.999. The van der Waals surface area contributed by atoms with Gasteiger partial charge in [-0.25, -0.2) is 9.97 Å². The normalized spacial score (nSPS) is 10.2. The largest absolute Gasteiger partial charge is 0.354 e. The second-order valence-corrected chi connectivity index (χ2v) is 5.21. The van der Waals surface area contributed by atoms with E-state index in [0.29, 0.717) is 5.95 Å². The highest BCUT2D eigenvalue weighted by Crippen LogP contribution is 2.31. The summed E-state index contributed by atoms with van der Waals surface area (Å²) in [6.45, 7) is 2.84. The van der Waals surface area contributed by atoms with Gasteiger partial charge in [0.15, 0.2) is 0 Å². The van der Waals surface area contributed by atoms with Gasteiger partial charge in [-0.2, -0.15) is 0 Å². The van der Waals surface area contributed by atoms with E-state index < -0.39 is 0 Å². The van der Waals surface area contributed by atoms with Gasteiger partial charge in [-0.15, -0.1) is 0 Å². The highest BCUT2D eigenvalue weighted by atomic mass is 79.9. The van der Waals surface area contributed by atoms with Gasteiger partial charge in [-0.05, 0) is 35.0 Å². The molecule has 2 aromatic rings. The molecular weight excluding hydrogens is 298 g/mol. The van der Waals surface area contributed by atoms with Crippen molar-refractivity contribution >= 4 is 33.6 Å². The number of nitrogens with one attached hydrogen (secondary N) is 1. The van der Waals surface area contributed by atoms with Gasteiger partial charge in [-0.3, -0.25) is 0 Å². The lowest BCUT2D eigenvalue weighted by atomic mass is 10.4. The van der Waals surface area contributed by atoms with Gasteiger partial charge in [0.1, 0.15) is 5.03 Å². The van der Waals surface area contributed by atoms with Crippen molar-refractivity contribution in [1.29, 1.82) is 0 Å². The maximum Gasteiger partial charge on any atom is 0.223 e. The molecule has 0 radical (unpaired) electrons. The summed E-state index contributed by atoms with van der Waals surface area (Å²) in [5, 5.41) is 4.02. The Labute approximate surface area is 113 Å². The van der Waals surface area contributed by atoms with Crippen LogP contribution in [0.3, 0.4) is 0 Å². The van der Waals surface area contributed by atoms with E-state index in [1.807, 2.05) is 25.1 Å². The summed E-state index contributed by atoms with van der Waals surface area (Å²) in [5.41, 5.74) is 0. The molecule has 0 aliphatic carbocycles. The number of hydrogen-bond acceptors (Lipinski definition) is 4. The molecule has 0 saturated heterocycles. The standard InChI is InChI=1S/C12H12BrN3S/c1-2-14-12-15-8-10(13)11(16-12)17-9-6-4-3-5-7-9/h3-8H,2H2,1H3,(H,14,15,16). The quantitative estimate of drug-likeness (QED) is 0.871. The first-order chi connectivity index (χ1) is 8.29. The molecule has 17 heavy (non-hydrogen) atoms. The van der Waals surface area contributed by atoms with E-state index in [4.69, 9.17) is 0 Å². The van der Waals surface area contributed by atoms with Gasteiger partial charge in [0.25, 0.3) is 0 Å².